The molecule has 0 bridgehead atoms. The Kier molecular flexibility index (Phi) is 8.60. The largest absolute Gasteiger partial charge is 0.395 e. The van der Waals surface area contributed by atoms with E-state index in [-0.39, 0.29) is 6.61 Å². The zero-order valence-corrected chi connectivity index (χ0v) is 10.7. The molecule has 0 fully saturated rings. The highest BCUT2D eigenvalue weighted by molar-refractivity contribution is 4.68. The Hall–Kier alpha value is -0.290. The van der Waals surface area contributed by atoms with Gasteiger partial charge in [0.2, 0.25) is 0 Å². The molecule has 0 aliphatic rings. The van der Waals surface area contributed by atoms with Crippen LogP contribution >= 0.6 is 0 Å². The van der Waals surface area contributed by atoms with Crippen LogP contribution in [0.25, 0.3) is 0 Å². The summed E-state index contributed by atoms with van der Waals surface area (Å²) in [6.45, 7) is 3.82. The van der Waals surface area contributed by atoms with Crippen LogP contribution < -0.4 is 5.73 Å². The van der Waals surface area contributed by atoms with Crippen molar-refractivity contribution in [1.29, 1.82) is 0 Å². The van der Waals surface area contributed by atoms with Gasteiger partial charge in [0.1, 0.15) is 0 Å². The van der Waals surface area contributed by atoms with E-state index in [1.165, 1.54) is 0 Å². The Balaban J connectivity index is 3.86. The van der Waals surface area contributed by atoms with Crippen molar-refractivity contribution in [3.63, 3.8) is 0 Å². The summed E-state index contributed by atoms with van der Waals surface area (Å²) >= 11 is 0. The zero-order valence-electron chi connectivity index (χ0n) is 10.7. The van der Waals surface area contributed by atoms with Crippen LogP contribution in [-0.4, -0.2) is 25.9 Å². The molecule has 2 unspecified atom stereocenters. The smallest absolute Gasteiger partial charge is 0.380 e. The molecule has 0 saturated carbocycles. The first-order valence-electron chi connectivity index (χ1n) is 6.30. The highest BCUT2D eigenvalue weighted by atomic mass is 19.4. The van der Waals surface area contributed by atoms with Gasteiger partial charge in [-0.15, -0.1) is 0 Å². The molecule has 0 aromatic carbocycles. The molecule has 0 aliphatic heterocycles. The van der Waals surface area contributed by atoms with Crippen LogP contribution in [0.3, 0.4) is 0 Å². The molecular weight excluding hydrogens is 231 g/mol. The van der Waals surface area contributed by atoms with Crippen molar-refractivity contribution >= 4 is 0 Å². The third-order valence-electron chi connectivity index (χ3n) is 2.96. The summed E-state index contributed by atoms with van der Waals surface area (Å²) in [5.41, 5.74) is 5.09. The lowest BCUT2D eigenvalue weighted by Crippen LogP contribution is -2.34. The molecule has 0 aromatic rings. The van der Waals surface area contributed by atoms with Gasteiger partial charge in [-0.25, -0.2) is 0 Å². The Labute approximate surface area is 102 Å². The van der Waals surface area contributed by atoms with Crippen molar-refractivity contribution in [2.24, 2.45) is 17.6 Å². The average molecular weight is 255 g/mol. The summed E-state index contributed by atoms with van der Waals surface area (Å²) in [7, 11) is 0. The summed E-state index contributed by atoms with van der Waals surface area (Å²) in [4.78, 5) is 0. The van der Waals surface area contributed by atoms with Gasteiger partial charge in [-0.1, -0.05) is 33.1 Å². The summed E-state index contributed by atoms with van der Waals surface area (Å²) in [5, 5.41) is 0. The molecule has 2 N–H and O–H groups in total. The highest BCUT2D eigenvalue weighted by Crippen LogP contribution is 2.25. The number of halogens is 3. The van der Waals surface area contributed by atoms with E-state index in [0.717, 1.165) is 25.7 Å². The van der Waals surface area contributed by atoms with Gasteiger partial charge in [-0.3, -0.25) is 0 Å². The lowest BCUT2D eigenvalue weighted by Gasteiger charge is -2.20. The minimum atomic E-state index is -4.25. The fourth-order valence-electron chi connectivity index (χ4n) is 1.57. The van der Waals surface area contributed by atoms with E-state index >= 15 is 0 Å². The second-order valence-corrected chi connectivity index (χ2v) is 4.43. The zero-order chi connectivity index (χ0) is 13.3. The molecule has 0 saturated heterocycles. The van der Waals surface area contributed by atoms with Crippen molar-refractivity contribution < 1.29 is 17.9 Å². The fourth-order valence-corrected chi connectivity index (χ4v) is 1.57. The van der Waals surface area contributed by atoms with Crippen LogP contribution in [-0.2, 0) is 4.74 Å². The third kappa shape index (κ3) is 7.60. The van der Waals surface area contributed by atoms with Crippen LogP contribution in [0.2, 0.25) is 0 Å². The van der Waals surface area contributed by atoms with Gasteiger partial charge in [0.05, 0.1) is 12.5 Å². The van der Waals surface area contributed by atoms with Gasteiger partial charge in [-0.05, 0) is 12.3 Å². The van der Waals surface area contributed by atoms with Crippen molar-refractivity contribution in [2.75, 3.05) is 19.8 Å². The number of unbranched alkanes of at least 4 members (excludes halogenated alkanes) is 1. The number of nitrogens with two attached hydrogens (primary N) is 1. The predicted molar refractivity (Wildman–Crippen MR) is 62.7 cm³/mol. The molecule has 0 spiro atoms. The van der Waals surface area contributed by atoms with Gasteiger partial charge in [0, 0.05) is 13.2 Å². The molecule has 17 heavy (non-hydrogen) atoms. The number of alkyl halides is 3. The molecule has 104 valence electrons. The quantitative estimate of drug-likeness (QED) is 0.685. The Morgan fingerprint density at radius 3 is 2.24 bits per heavy atom. The molecule has 0 aromatic heterocycles. The van der Waals surface area contributed by atoms with Crippen molar-refractivity contribution in [3.8, 4) is 0 Å². The second kappa shape index (κ2) is 8.75. The Bertz CT molecular complexity index is 185. The van der Waals surface area contributed by atoms with E-state index in [9.17, 15) is 13.2 Å². The number of hydrogen-bond acceptors (Lipinski definition) is 2. The van der Waals surface area contributed by atoms with E-state index in [1.54, 1.807) is 0 Å². The second-order valence-electron chi connectivity index (χ2n) is 4.43. The number of ether oxygens (including phenoxy) is 1. The standard InChI is InChI=1S/C12H24F3NO/c1-3-5-6-10(4-2)8-17-9-11(7-16)12(13,14)15/h10-11H,3-9,16H2,1-2H3. The fraction of sp³-hybridized carbons (Fsp3) is 1.00. The van der Waals surface area contributed by atoms with Crippen LogP contribution in [0.5, 0.6) is 0 Å². The first-order chi connectivity index (χ1) is 7.95. The molecule has 5 heteroatoms. The van der Waals surface area contributed by atoms with E-state index < -0.39 is 18.6 Å². The maximum atomic E-state index is 12.4. The van der Waals surface area contributed by atoms with E-state index in [0.29, 0.717) is 12.5 Å². The predicted octanol–water partition coefficient (Wildman–Crippen LogP) is 3.36. The molecule has 0 aliphatic carbocycles. The average Bonchev–Trinajstić information content (AvgIpc) is 2.26. The lowest BCUT2D eigenvalue weighted by molar-refractivity contribution is -0.186. The summed E-state index contributed by atoms with van der Waals surface area (Å²) in [6.07, 6.45) is -0.0859. The lowest BCUT2D eigenvalue weighted by atomic mass is 10.0. The highest BCUT2D eigenvalue weighted by Gasteiger charge is 2.38. The molecule has 0 heterocycles. The maximum absolute atomic E-state index is 12.4. The molecule has 0 amide bonds. The first-order valence-corrected chi connectivity index (χ1v) is 6.30. The molecule has 2 nitrogen and oxygen atoms in total. The molecular formula is C12H24F3NO. The first kappa shape index (κ1) is 16.7. The van der Waals surface area contributed by atoms with E-state index in [2.05, 4.69) is 6.92 Å². The maximum Gasteiger partial charge on any atom is 0.395 e. The van der Waals surface area contributed by atoms with Crippen LogP contribution in [0, 0.1) is 11.8 Å². The number of hydrogen-bond donors (Lipinski definition) is 1. The minimum Gasteiger partial charge on any atom is -0.380 e. The van der Waals surface area contributed by atoms with Gasteiger partial charge in [0.25, 0.3) is 0 Å². The van der Waals surface area contributed by atoms with E-state index in [4.69, 9.17) is 10.5 Å². The molecule has 0 rings (SSSR count). The summed E-state index contributed by atoms with van der Waals surface area (Å²) in [5.74, 6) is -1.17. The van der Waals surface area contributed by atoms with Crippen LogP contribution in [0.4, 0.5) is 13.2 Å². The minimum absolute atomic E-state index is 0.317. The Morgan fingerprint density at radius 1 is 1.18 bits per heavy atom. The topological polar surface area (TPSA) is 35.2 Å². The van der Waals surface area contributed by atoms with Crippen molar-refractivity contribution in [3.05, 3.63) is 0 Å². The normalized spacial score (nSPS) is 15.9. The Morgan fingerprint density at radius 2 is 1.82 bits per heavy atom. The number of rotatable bonds is 9. The van der Waals surface area contributed by atoms with Gasteiger partial charge in [0.15, 0.2) is 0 Å². The van der Waals surface area contributed by atoms with Gasteiger partial charge >= 0.3 is 6.18 Å². The van der Waals surface area contributed by atoms with Gasteiger partial charge < -0.3 is 10.5 Å². The molecule has 2 atom stereocenters. The SMILES string of the molecule is CCCCC(CC)COCC(CN)C(F)(F)F. The summed E-state index contributed by atoms with van der Waals surface area (Å²) in [6, 6.07) is 0. The van der Waals surface area contributed by atoms with Crippen LogP contribution in [0.1, 0.15) is 39.5 Å². The van der Waals surface area contributed by atoms with Crippen molar-refractivity contribution in [2.45, 2.75) is 45.7 Å². The molecule has 0 radical (unpaired) electrons. The van der Waals surface area contributed by atoms with E-state index in [1.807, 2.05) is 6.92 Å². The van der Waals surface area contributed by atoms with Crippen molar-refractivity contribution in [1.82, 2.24) is 0 Å². The third-order valence-corrected chi connectivity index (χ3v) is 2.96. The van der Waals surface area contributed by atoms with Crippen LogP contribution in [0.15, 0.2) is 0 Å². The summed E-state index contributed by atoms with van der Waals surface area (Å²) < 4.78 is 42.3. The van der Waals surface area contributed by atoms with Gasteiger partial charge in [-0.2, -0.15) is 13.2 Å². The monoisotopic (exact) mass is 255 g/mol.